The number of rotatable bonds is 6. The number of halogens is 2. The Morgan fingerprint density at radius 3 is 2.46 bits per heavy atom. The Hall–Kier alpha value is -1.93. The Bertz CT molecular complexity index is 838. The maximum absolute atomic E-state index is 13.6. The highest BCUT2D eigenvalue weighted by Crippen LogP contribution is 2.20. The van der Waals surface area contributed by atoms with E-state index in [-0.39, 0.29) is 22.8 Å². The van der Waals surface area contributed by atoms with Crippen LogP contribution >= 0.6 is 15.9 Å². The van der Waals surface area contributed by atoms with E-state index < -0.39 is 21.6 Å². The van der Waals surface area contributed by atoms with E-state index in [9.17, 15) is 17.6 Å². The summed E-state index contributed by atoms with van der Waals surface area (Å²) >= 11 is 3.11. The molecule has 0 aromatic heterocycles. The van der Waals surface area contributed by atoms with Crippen LogP contribution in [0.4, 0.5) is 10.1 Å². The molecule has 0 spiro atoms. The van der Waals surface area contributed by atoms with E-state index in [1.807, 2.05) is 0 Å². The van der Waals surface area contributed by atoms with Crippen molar-refractivity contribution in [3.8, 4) is 5.75 Å². The SMILES string of the molecule is COc1ccc(S(=O)(=O)CCC(=O)Nc2ccc(Br)cc2F)cc1. The number of carbonyl (C=O) groups excluding carboxylic acids is 1. The van der Waals surface area contributed by atoms with Crippen LogP contribution in [0.25, 0.3) is 0 Å². The van der Waals surface area contributed by atoms with Gasteiger partial charge in [-0.25, -0.2) is 12.8 Å². The van der Waals surface area contributed by atoms with E-state index in [2.05, 4.69) is 21.2 Å². The first-order chi connectivity index (χ1) is 11.3. The van der Waals surface area contributed by atoms with Crippen molar-refractivity contribution in [2.24, 2.45) is 0 Å². The molecule has 2 aromatic carbocycles. The van der Waals surface area contributed by atoms with Crippen LogP contribution in [0.15, 0.2) is 51.8 Å². The highest BCUT2D eigenvalue weighted by Gasteiger charge is 2.17. The largest absolute Gasteiger partial charge is 0.497 e. The van der Waals surface area contributed by atoms with Gasteiger partial charge < -0.3 is 10.1 Å². The number of hydrogen-bond acceptors (Lipinski definition) is 4. The van der Waals surface area contributed by atoms with E-state index >= 15 is 0 Å². The average Bonchev–Trinajstić information content (AvgIpc) is 2.56. The van der Waals surface area contributed by atoms with Crippen molar-refractivity contribution in [2.45, 2.75) is 11.3 Å². The fraction of sp³-hybridized carbons (Fsp3) is 0.188. The predicted molar refractivity (Wildman–Crippen MR) is 92.4 cm³/mol. The molecule has 0 radical (unpaired) electrons. The van der Waals surface area contributed by atoms with E-state index in [0.29, 0.717) is 10.2 Å². The van der Waals surface area contributed by atoms with E-state index in [1.54, 1.807) is 6.07 Å². The molecule has 2 rings (SSSR count). The highest BCUT2D eigenvalue weighted by molar-refractivity contribution is 9.10. The third-order valence-corrected chi connectivity index (χ3v) is 5.45. The van der Waals surface area contributed by atoms with Gasteiger partial charge in [-0.1, -0.05) is 15.9 Å². The number of benzene rings is 2. The molecule has 1 amide bonds. The van der Waals surface area contributed by atoms with Gasteiger partial charge in [0, 0.05) is 10.9 Å². The van der Waals surface area contributed by atoms with Crippen molar-refractivity contribution < 1.29 is 22.3 Å². The average molecular weight is 416 g/mol. The summed E-state index contributed by atoms with van der Waals surface area (Å²) in [5, 5.41) is 2.36. The van der Waals surface area contributed by atoms with Crippen molar-refractivity contribution in [1.29, 1.82) is 0 Å². The smallest absolute Gasteiger partial charge is 0.225 e. The first-order valence-corrected chi connectivity index (χ1v) is 9.38. The van der Waals surface area contributed by atoms with Crippen LogP contribution in [-0.2, 0) is 14.6 Å². The molecule has 1 N–H and O–H groups in total. The molecule has 0 saturated carbocycles. The number of ether oxygens (including phenoxy) is 1. The molecule has 0 saturated heterocycles. The molecule has 0 unspecified atom stereocenters. The normalized spacial score (nSPS) is 11.1. The number of hydrogen-bond donors (Lipinski definition) is 1. The van der Waals surface area contributed by atoms with Gasteiger partial charge in [0.25, 0.3) is 0 Å². The molecule has 128 valence electrons. The molecule has 0 atom stereocenters. The predicted octanol–water partition coefficient (Wildman–Crippen LogP) is 3.40. The van der Waals surface area contributed by atoms with Crippen LogP contribution in [0, 0.1) is 5.82 Å². The topological polar surface area (TPSA) is 72.5 Å². The summed E-state index contributed by atoms with van der Waals surface area (Å²) < 4.78 is 43.6. The fourth-order valence-corrected chi connectivity index (χ4v) is 3.51. The van der Waals surface area contributed by atoms with Gasteiger partial charge in [0.05, 0.1) is 23.4 Å². The summed E-state index contributed by atoms with van der Waals surface area (Å²) in [5.74, 6) is -1.01. The second kappa shape index (κ2) is 7.76. The Morgan fingerprint density at radius 1 is 1.21 bits per heavy atom. The summed E-state index contributed by atoms with van der Waals surface area (Å²) in [4.78, 5) is 12.0. The van der Waals surface area contributed by atoms with Crippen molar-refractivity contribution in [3.05, 3.63) is 52.8 Å². The van der Waals surface area contributed by atoms with E-state index in [4.69, 9.17) is 4.74 Å². The van der Waals surface area contributed by atoms with Gasteiger partial charge in [0.15, 0.2) is 9.84 Å². The number of amides is 1. The lowest BCUT2D eigenvalue weighted by atomic mass is 10.3. The molecule has 5 nitrogen and oxygen atoms in total. The van der Waals surface area contributed by atoms with Crippen LogP contribution in [0.1, 0.15) is 6.42 Å². The molecule has 8 heteroatoms. The molecule has 0 aliphatic heterocycles. The standard InChI is InChI=1S/C16H15BrFNO4S/c1-23-12-3-5-13(6-4-12)24(21,22)9-8-16(20)19-15-7-2-11(17)10-14(15)18/h2-7,10H,8-9H2,1H3,(H,19,20). The highest BCUT2D eigenvalue weighted by atomic mass is 79.9. The summed E-state index contributed by atoms with van der Waals surface area (Å²) in [6.45, 7) is 0. The van der Waals surface area contributed by atoms with Gasteiger partial charge in [-0.05, 0) is 42.5 Å². The number of sulfone groups is 1. The van der Waals surface area contributed by atoms with Crippen LogP contribution < -0.4 is 10.1 Å². The lowest BCUT2D eigenvalue weighted by molar-refractivity contribution is -0.115. The molecule has 0 bridgehead atoms. The van der Waals surface area contributed by atoms with Gasteiger partial charge in [-0.15, -0.1) is 0 Å². The number of carbonyl (C=O) groups is 1. The zero-order chi connectivity index (χ0) is 17.7. The van der Waals surface area contributed by atoms with Gasteiger partial charge >= 0.3 is 0 Å². The maximum Gasteiger partial charge on any atom is 0.225 e. The molecule has 24 heavy (non-hydrogen) atoms. The second-order valence-corrected chi connectivity index (χ2v) is 7.94. The number of anilines is 1. The Kier molecular flexibility index (Phi) is 5.95. The van der Waals surface area contributed by atoms with Gasteiger partial charge in [-0.3, -0.25) is 4.79 Å². The second-order valence-electron chi connectivity index (χ2n) is 4.92. The lowest BCUT2D eigenvalue weighted by Gasteiger charge is -2.08. The lowest BCUT2D eigenvalue weighted by Crippen LogP contribution is -2.18. The molecular formula is C16H15BrFNO4S. The first kappa shape index (κ1) is 18.4. The van der Waals surface area contributed by atoms with Crippen molar-refractivity contribution in [3.63, 3.8) is 0 Å². The summed E-state index contributed by atoms with van der Waals surface area (Å²) in [5.41, 5.74) is 0.00467. The molecule has 0 heterocycles. The Morgan fingerprint density at radius 2 is 1.88 bits per heavy atom. The number of nitrogens with one attached hydrogen (secondary N) is 1. The molecule has 0 aliphatic rings. The Labute approximate surface area is 147 Å². The summed E-state index contributed by atoms with van der Waals surface area (Å²) in [6, 6.07) is 10.1. The zero-order valence-corrected chi connectivity index (χ0v) is 15.2. The van der Waals surface area contributed by atoms with Crippen LogP contribution in [0.3, 0.4) is 0 Å². The fourth-order valence-electron chi connectivity index (χ4n) is 1.93. The van der Waals surface area contributed by atoms with Crippen LogP contribution in [0.2, 0.25) is 0 Å². The molecular weight excluding hydrogens is 401 g/mol. The van der Waals surface area contributed by atoms with Gasteiger partial charge in [0.1, 0.15) is 11.6 Å². The van der Waals surface area contributed by atoms with Crippen molar-refractivity contribution in [2.75, 3.05) is 18.2 Å². The maximum atomic E-state index is 13.6. The first-order valence-electron chi connectivity index (χ1n) is 6.93. The zero-order valence-electron chi connectivity index (χ0n) is 12.8. The van der Waals surface area contributed by atoms with Crippen molar-refractivity contribution >= 4 is 37.4 Å². The molecule has 0 aliphatic carbocycles. The monoisotopic (exact) mass is 415 g/mol. The van der Waals surface area contributed by atoms with E-state index in [0.717, 1.165) is 0 Å². The molecule has 2 aromatic rings. The minimum Gasteiger partial charge on any atom is -0.497 e. The summed E-state index contributed by atoms with van der Waals surface area (Å²) in [7, 11) is -2.13. The molecule has 0 fully saturated rings. The van der Waals surface area contributed by atoms with Crippen molar-refractivity contribution in [1.82, 2.24) is 0 Å². The summed E-state index contributed by atoms with van der Waals surface area (Å²) in [6.07, 6.45) is -0.274. The van der Waals surface area contributed by atoms with Crippen LogP contribution in [0.5, 0.6) is 5.75 Å². The van der Waals surface area contributed by atoms with Gasteiger partial charge in [0.2, 0.25) is 5.91 Å². The quantitative estimate of drug-likeness (QED) is 0.784. The minimum absolute atomic E-state index is 0.00467. The van der Waals surface area contributed by atoms with E-state index in [1.165, 1.54) is 43.5 Å². The third-order valence-electron chi connectivity index (χ3n) is 3.22. The van der Waals surface area contributed by atoms with Gasteiger partial charge in [-0.2, -0.15) is 0 Å². The third kappa shape index (κ3) is 4.78. The minimum atomic E-state index is -3.61. The number of methoxy groups -OCH3 is 1. The van der Waals surface area contributed by atoms with Crippen LogP contribution in [-0.4, -0.2) is 27.2 Å². The Balaban J connectivity index is 1.99.